The van der Waals surface area contributed by atoms with E-state index in [0.717, 1.165) is 22.5 Å². The van der Waals surface area contributed by atoms with Gasteiger partial charge in [-0.25, -0.2) is 0 Å². The number of carbonyl (C=O) groups excluding carboxylic acids is 1. The van der Waals surface area contributed by atoms with Gasteiger partial charge in [0.2, 0.25) is 0 Å². The van der Waals surface area contributed by atoms with Crippen molar-refractivity contribution in [2.45, 2.75) is 25.7 Å². The number of anilines is 1. The van der Waals surface area contributed by atoms with E-state index in [-0.39, 0.29) is 11.7 Å². The summed E-state index contributed by atoms with van der Waals surface area (Å²) in [5, 5.41) is 18.3. The number of nitrogens with two attached hydrogens (primary N) is 1. The molecule has 2 heterocycles. The fourth-order valence-electron chi connectivity index (χ4n) is 4.76. The standard InChI is InChI=1S/C26H22ClN5O/c1-15-11-21-25(22(33)12-15)24(17-5-3-2-4-6-17)19(14-28)26(29)32(21)23-13-20(30-31-23)16-7-9-18(27)10-8-16/h2-10,13,15,24H,11-12,29H2,1H3,(H,30,31). The Morgan fingerprint density at radius 3 is 2.58 bits per heavy atom. The van der Waals surface area contributed by atoms with Crippen molar-refractivity contribution in [1.29, 1.82) is 5.26 Å². The third-order valence-corrected chi connectivity index (χ3v) is 6.51. The second-order valence-corrected chi connectivity index (χ2v) is 8.97. The number of nitriles is 1. The second kappa shape index (κ2) is 8.27. The number of rotatable bonds is 3. The molecule has 2 unspecified atom stereocenters. The summed E-state index contributed by atoms with van der Waals surface area (Å²) in [6.07, 6.45) is 1.12. The maximum Gasteiger partial charge on any atom is 0.161 e. The molecule has 0 radical (unpaired) electrons. The maximum atomic E-state index is 13.3. The van der Waals surface area contributed by atoms with Crippen molar-refractivity contribution in [3.8, 4) is 17.3 Å². The Balaban J connectivity index is 1.67. The van der Waals surface area contributed by atoms with Crippen molar-refractivity contribution in [3.63, 3.8) is 0 Å². The average Bonchev–Trinajstić information content (AvgIpc) is 3.29. The monoisotopic (exact) mass is 455 g/mol. The van der Waals surface area contributed by atoms with Crippen LogP contribution in [0.5, 0.6) is 0 Å². The number of H-pyrrole nitrogens is 1. The van der Waals surface area contributed by atoms with E-state index in [9.17, 15) is 10.1 Å². The lowest BCUT2D eigenvalue weighted by atomic mass is 9.73. The van der Waals surface area contributed by atoms with Crippen LogP contribution in [0, 0.1) is 17.2 Å². The number of benzene rings is 2. The molecule has 2 aliphatic rings. The van der Waals surface area contributed by atoms with Gasteiger partial charge in [0.1, 0.15) is 5.82 Å². The fourth-order valence-corrected chi connectivity index (χ4v) is 4.89. The van der Waals surface area contributed by atoms with Crippen LogP contribution in [0.1, 0.15) is 31.2 Å². The number of carbonyl (C=O) groups is 1. The number of ketones is 1. The average molecular weight is 456 g/mol. The molecule has 1 aliphatic heterocycles. The smallest absolute Gasteiger partial charge is 0.161 e. The molecule has 5 rings (SSSR count). The van der Waals surface area contributed by atoms with Crippen LogP contribution in [0.25, 0.3) is 11.3 Å². The summed E-state index contributed by atoms with van der Waals surface area (Å²) >= 11 is 6.02. The molecule has 6 nitrogen and oxygen atoms in total. The highest BCUT2D eigenvalue weighted by atomic mass is 35.5. The van der Waals surface area contributed by atoms with Gasteiger partial charge in [-0.15, -0.1) is 0 Å². The molecule has 0 saturated heterocycles. The number of nitrogens with zero attached hydrogens (tertiary/aromatic N) is 3. The van der Waals surface area contributed by atoms with Gasteiger partial charge in [0.15, 0.2) is 11.6 Å². The number of aromatic nitrogens is 2. The zero-order chi connectivity index (χ0) is 23.1. The first-order chi connectivity index (χ1) is 16.0. The Kier molecular flexibility index (Phi) is 5.27. The quantitative estimate of drug-likeness (QED) is 0.559. The van der Waals surface area contributed by atoms with Gasteiger partial charge in [-0.3, -0.25) is 14.8 Å². The maximum absolute atomic E-state index is 13.3. The van der Waals surface area contributed by atoms with Crippen molar-refractivity contribution >= 4 is 23.2 Å². The first-order valence-corrected chi connectivity index (χ1v) is 11.2. The molecule has 3 aromatic rings. The van der Waals surface area contributed by atoms with Gasteiger partial charge in [0.25, 0.3) is 0 Å². The van der Waals surface area contributed by atoms with Crippen molar-refractivity contribution in [2.24, 2.45) is 11.7 Å². The number of allylic oxidation sites excluding steroid dienone is 3. The molecule has 164 valence electrons. The van der Waals surface area contributed by atoms with Gasteiger partial charge < -0.3 is 5.73 Å². The molecule has 7 heteroatoms. The van der Waals surface area contributed by atoms with E-state index in [2.05, 4.69) is 23.2 Å². The van der Waals surface area contributed by atoms with Crippen LogP contribution in [-0.2, 0) is 4.79 Å². The Morgan fingerprint density at radius 1 is 1.15 bits per heavy atom. The third-order valence-electron chi connectivity index (χ3n) is 6.25. The van der Waals surface area contributed by atoms with Gasteiger partial charge in [-0.05, 0) is 35.6 Å². The Labute approximate surface area is 197 Å². The molecule has 33 heavy (non-hydrogen) atoms. The Morgan fingerprint density at radius 2 is 1.88 bits per heavy atom. The molecule has 0 spiro atoms. The van der Waals surface area contributed by atoms with Crippen LogP contribution in [0.15, 0.2) is 83.3 Å². The first-order valence-electron chi connectivity index (χ1n) is 10.8. The minimum absolute atomic E-state index is 0.0521. The lowest BCUT2D eigenvalue weighted by Crippen LogP contribution is -2.40. The van der Waals surface area contributed by atoms with Crippen LogP contribution in [0.4, 0.5) is 5.82 Å². The van der Waals surface area contributed by atoms with Gasteiger partial charge in [-0.1, -0.05) is 61.0 Å². The summed E-state index contributed by atoms with van der Waals surface area (Å²) in [4.78, 5) is 15.1. The molecule has 0 bridgehead atoms. The number of hydrogen-bond donors (Lipinski definition) is 2. The summed E-state index contributed by atoms with van der Waals surface area (Å²) in [5.74, 6) is 0.599. The second-order valence-electron chi connectivity index (χ2n) is 8.53. The van der Waals surface area contributed by atoms with Gasteiger partial charge in [0.05, 0.1) is 23.3 Å². The molecular formula is C26H22ClN5O. The molecule has 1 aromatic heterocycles. The SMILES string of the molecule is CC1CC(=O)C2=C(C1)N(c1cc(-c3ccc(Cl)cc3)[nH]n1)C(N)=C(C#N)C2c1ccccc1. The minimum Gasteiger partial charge on any atom is -0.384 e. The van der Waals surface area contributed by atoms with E-state index in [1.807, 2.05) is 60.7 Å². The zero-order valence-electron chi connectivity index (χ0n) is 18.0. The lowest BCUT2D eigenvalue weighted by Gasteiger charge is -2.40. The summed E-state index contributed by atoms with van der Waals surface area (Å²) in [7, 11) is 0. The van der Waals surface area contributed by atoms with E-state index in [0.29, 0.717) is 40.6 Å². The van der Waals surface area contributed by atoms with E-state index in [1.54, 1.807) is 4.90 Å². The molecule has 2 atom stereocenters. The Hall–Kier alpha value is -3.82. The highest BCUT2D eigenvalue weighted by Crippen LogP contribution is 2.47. The number of Topliss-reactive ketones (excluding diaryl/α,β-unsaturated/α-hetero) is 1. The van der Waals surface area contributed by atoms with Crippen molar-refractivity contribution in [2.75, 3.05) is 4.90 Å². The van der Waals surface area contributed by atoms with Crippen molar-refractivity contribution < 1.29 is 4.79 Å². The summed E-state index contributed by atoms with van der Waals surface area (Å²) in [6, 6.07) is 21.2. The van der Waals surface area contributed by atoms with Crippen molar-refractivity contribution in [1.82, 2.24) is 10.2 Å². The lowest BCUT2D eigenvalue weighted by molar-refractivity contribution is -0.117. The van der Waals surface area contributed by atoms with Crippen LogP contribution in [0.2, 0.25) is 5.02 Å². The normalized spacial score (nSPS) is 20.6. The van der Waals surface area contributed by atoms with Gasteiger partial charge in [0, 0.05) is 28.8 Å². The molecule has 0 saturated carbocycles. The van der Waals surface area contributed by atoms with E-state index < -0.39 is 5.92 Å². The third kappa shape index (κ3) is 3.61. The number of hydrogen-bond acceptors (Lipinski definition) is 5. The largest absolute Gasteiger partial charge is 0.384 e. The molecule has 0 fully saturated rings. The van der Waals surface area contributed by atoms with Crippen LogP contribution >= 0.6 is 11.6 Å². The fraction of sp³-hybridized carbons (Fsp3) is 0.192. The van der Waals surface area contributed by atoms with E-state index in [1.165, 1.54) is 0 Å². The Bertz CT molecular complexity index is 1330. The van der Waals surface area contributed by atoms with Crippen LogP contribution in [0.3, 0.4) is 0 Å². The van der Waals surface area contributed by atoms with E-state index in [4.69, 9.17) is 17.3 Å². The van der Waals surface area contributed by atoms with Crippen LogP contribution in [-0.4, -0.2) is 16.0 Å². The molecule has 0 amide bonds. The highest BCUT2D eigenvalue weighted by molar-refractivity contribution is 6.30. The summed E-state index contributed by atoms with van der Waals surface area (Å²) in [5.41, 5.74) is 11.0. The zero-order valence-corrected chi connectivity index (χ0v) is 18.8. The van der Waals surface area contributed by atoms with Crippen LogP contribution < -0.4 is 10.6 Å². The summed E-state index contributed by atoms with van der Waals surface area (Å²) in [6.45, 7) is 2.06. The van der Waals surface area contributed by atoms with Gasteiger partial charge >= 0.3 is 0 Å². The number of halogens is 1. The minimum atomic E-state index is -0.475. The molecule has 1 aliphatic carbocycles. The predicted molar refractivity (Wildman–Crippen MR) is 128 cm³/mol. The number of aromatic amines is 1. The summed E-state index contributed by atoms with van der Waals surface area (Å²) < 4.78 is 0. The molecule has 2 aromatic carbocycles. The molecular weight excluding hydrogens is 434 g/mol. The number of nitrogens with one attached hydrogen (secondary N) is 1. The molecule has 3 N–H and O–H groups in total. The predicted octanol–water partition coefficient (Wildman–Crippen LogP) is 5.28. The van der Waals surface area contributed by atoms with Crippen molar-refractivity contribution in [3.05, 3.63) is 93.9 Å². The van der Waals surface area contributed by atoms with E-state index >= 15 is 0 Å². The highest BCUT2D eigenvalue weighted by Gasteiger charge is 2.42. The first kappa shape index (κ1) is 21.0. The topological polar surface area (TPSA) is 98.8 Å². The van der Waals surface area contributed by atoms with Gasteiger partial charge in [-0.2, -0.15) is 10.4 Å².